The van der Waals surface area contributed by atoms with Gasteiger partial charge in [0.15, 0.2) is 0 Å². The third-order valence-electron chi connectivity index (χ3n) is 12.3. The zero-order valence-electron chi connectivity index (χ0n) is 47.1. The maximum absolute atomic E-state index is 10.7. The summed E-state index contributed by atoms with van der Waals surface area (Å²) >= 11 is 0. The SMILES string of the molecule is C[C@H](c1[c-]cccc1)N(C)C.C[C@H](c1[c-]cccc1)N(C)C.F[P-](F)(F)(F)(F)F.F[P-](F)(F)(F)(F)F.[Pd+2].[Pd+2].c1ccc(P(CC[P@](CC[P@@](CCP(c2ccccc2)c2ccccc2)c2ccccc2)c2ccccc2)c2ccccc2)cc1. The van der Waals surface area contributed by atoms with Crippen LogP contribution in [-0.4, -0.2) is 75.0 Å². The molecule has 0 spiro atoms. The molecule has 0 amide bonds. The minimum atomic E-state index is -10.7. The van der Waals surface area contributed by atoms with Crippen LogP contribution in [0.15, 0.2) is 231 Å². The number of hydrogen-bond donors (Lipinski definition) is 0. The Labute approximate surface area is 521 Å². The standard InChI is InChI=1S/C42H42P4.2C10H14N.2F6P.2Pd/c1-7-19-37(20-8-1)43(33-35-45(39-23-11-3-12-24-39)40-25-13-4-14-26-40)31-32-44(38-21-9-2-10-22-38)34-36-46(41-27-15-5-16-28-41)42-29-17-6-18-30-42;2*1-9(11(2)3)10-7-5-4-6-8-10;2*1-7(2,3,4,5)6;;/h1-30H,31-36H2;2*4-7,9H,1-3H3;;;;/q;4*-1;2*+2/t43-,44-;2*9-;;;;/m011..../s1. The van der Waals surface area contributed by atoms with Crippen LogP contribution in [0, 0.1) is 12.1 Å². The fourth-order valence-corrected chi connectivity index (χ4v) is 19.7. The Hall–Kier alpha value is -3.26. The molecule has 0 aromatic heterocycles. The third-order valence-corrected chi connectivity index (χ3v) is 23.5. The van der Waals surface area contributed by atoms with Gasteiger partial charge in [0.05, 0.1) is 0 Å². The molecular weight excluding hydrogens is 1400 g/mol. The van der Waals surface area contributed by atoms with Gasteiger partial charge >= 0.3 is 107 Å². The molecule has 84 heavy (non-hydrogen) atoms. The van der Waals surface area contributed by atoms with Crippen molar-refractivity contribution in [2.45, 2.75) is 25.9 Å². The Morgan fingerprint density at radius 2 is 0.500 bits per heavy atom. The summed E-state index contributed by atoms with van der Waals surface area (Å²) in [6.45, 7) is 4.34. The Morgan fingerprint density at radius 3 is 0.690 bits per heavy atom. The Morgan fingerprint density at radius 1 is 0.310 bits per heavy atom. The predicted molar refractivity (Wildman–Crippen MR) is 335 cm³/mol. The summed E-state index contributed by atoms with van der Waals surface area (Å²) in [7, 11) is -14.3. The van der Waals surface area contributed by atoms with E-state index in [1.807, 2.05) is 36.4 Å². The van der Waals surface area contributed by atoms with Crippen molar-refractivity contribution in [3.63, 3.8) is 0 Å². The molecule has 0 aliphatic rings. The van der Waals surface area contributed by atoms with E-state index < -0.39 is 15.6 Å². The fraction of sp³-hybridized carbons (Fsp3) is 0.226. The molecule has 0 unspecified atom stereocenters. The quantitative estimate of drug-likeness (QED) is 0.0345. The summed E-state index contributed by atoms with van der Waals surface area (Å²) in [4.78, 5) is 4.34. The van der Waals surface area contributed by atoms with E-state index in [4.69, 9.17) is 0 Å². The van der Waals surface area contributed by atoms with Crippen LogP contribution in [0.5, 0.6) is 0 Å². The molecule has 2 nitrogen and oxygen atoms in total. The molecule has 0 saturated carbocycles. The molecule has 8 aromatic carbocycles. The number of hydrogen-bond acceptors (Lipinski definition) is 2. The maximum Gasteiger partial charge on any atom is 2.00 e. The first kappa shape index (κ1) is 76.8. The normalized spacial score (nSPS) is 14.3. The molecule has 0 aliphatic heterocycles. The zero-order valence-corrected chi connectivity index (χ0v) is 55.6. The minimum Gasteiger partial charge on any atom is -0.0746 e. The van der Waals surface area contributed by atoms with Gasteiger partial charge in [-0.25, -0.2) is 0 Å². The van der Waals surface area contributed by atoms with E-state index in [0.717, 1.165) is 0 Å². The number of halogens is 12. The molecule has 0 N–H and O–H groups in total. The molecular formula is C62H70F12N2P6Pd2. The van der Waals surface area contributed by atoms with Crippen molar-refractivity contribution >= 4 is 79.1 Å². The zero-order chi connectivity index (χ0) is 60.6. The Kier molecular flexibility index (Phi) is 31.0. The van der Waals surface area contributed by atoms with E-state index in [0.29, 0.717) is 12.1 Å². The Balaban J connectivity index is 0.000000510. The second-order valence-corrected chi connectivity index (χ2v) is 32.6. The molecule has 0 saturated heterocycles. The molecule has 0 bridgehead atoms. The van der Waals surface area contributed by atoms with Gasteiger partial charge in [-0.3, -0.25) is 0 Å². The van der Waals surface area contributed by atoms with E-state index in [2.05, 4.69) is 258 Å². The van der Waals surface area contributed by atoms with Gasteiger partial charge in [-0.15, -0.1) is 11.1 Å². The van der Waals surface area contributed by atoms with Crippen LogP contribution in [0.25, 0.3) is 0 Å². The van der Waals surface area contributed by atoms with Gasteiger partial charge in [-0.2, -0.15) is 60.7 Å². The van der Waals surface area contributed by atoms with Crippen LogP contribution in [0.4, 0.5) is 50.4 Å². The van der Waals surface area contributed by atoms with Gasteiger partial charge in [0.2, 0.25) is 0 Å². The topological polar surface area (TPSA) is 6.48 Å². The average molecular weight is 1470 g/mol. The van der Waals surface area contributed by atoms with Crippen molar-refractivity contribution in [3.05, 3.63) is 254 Å². The van der Waals surface area contributed by atoms with Gasteiger partial charge in [0, 0.05) is 12.1 Å². The van der Waals surface area contributed by atoms with Crippen molar-refractivity contribution in [1.29, 1.82) is 0 Å². The van der Waals surface area contributed by atoms with Gasteiger partial charge in [-0.1, -0.05) is 198 Å². The smallest absolute Gasteiger partial charge is 0.0746 e. The molecule has 22 heteroatoms. The number of rotatable bonds is 19. The van der Waals surface area contributed by atoms with Crippen LogP contribution >= 0.6 is 47.3 Å². The van der Waals surface area contributed by atoms with E-state index >= 15 is 0 Å². The van der Waals surface area contributed by atoms with Crippen molar-refractivity contribution in [2.24, 2.45) is 0 Å². The summed E-state index contributed by atoms with van der Waals surface area (Å²) in [6.07, 6.45) is 7.60. The molecule has 4 atom stereocenters. The first-order chi connectivity index (χ1) is 38.2. The molecule has 462 valence electrons. The molecule has 0 aliphatic carbocycles. The van der Waals surface area contributed by atoms with Crippen molar-refractivity contribution < 1.29 is 91.2 Å². The Bertz CT molecular complexity index is 2710. The van der Waals surface area contributed by atoms with Crippen LogP contribution in [0.3, 0.4) is 0 Å². The van der Waals surface area contributed by atoms with Crippen LogP contribution in [-0.2, 0) is 40.8 Å². The number of nitrogens with zero attached hydrogens (tertiary/aromatic N) is 2. The predicted octanol–water partition coefficient (Wildman–Crippen LogP) is 19.8. The van der Waals surface area contributed by atoms with Gasteiger partial charge < -0.3 is 9.80 Å². The molecule has 8 rings (SSSR count). The summed E-state index contributed by atoms with van der Waals surface area (Å²) in [6, 6.07) is 91.4. The first-order valence-corrected chi connectivity index (χ1v) is 36.5. The molecule has 8 aromatic rings. The second-order valence-electron chi connectivity index (χ2n) is 19.1. The summed E-state index contributed by atoms with van der Waals surface area (Å²) in [5.41, 5.74) is 2.50. The monoisotopic (exact) mass is 1470 g/mol. The maximum atomic E-state index is 9.87. The molecule has 0 fully saturated rings. The van der Waals surface area contributed by atoms with E-state index in [-0.39, 0.29) is 72.5 Å². The third kappa shape index (κ3) is 35.5. The van der Waals surface area contributed by atoms with Crippen molar-refractivity contribution in [3.8, 4) is 0 Å². The van der Waals surface area contributed by atoms with Crippen LogP contribution in [0.1, 0.15) is 37.1 Å². The van der Waals surface area contributed by atoms with Gasteiger partial charge in [-0.05, 0) is 127 Å². The van der Waals surface area contributed by atoms with Crippen molar-refractivity contribution in [2.75, 3.05) is 65.2 Å². The van der Waals surface area contributed by atoms with Gasteiger partial charge in [0.1, 0.15) is 0 Å². The van der Waals surface area contributed by atoms with Crippen LogP contribution in [0.2, 0.25) is 0 Å². The fourth-order valence-electron chi connectivity index (χ4n) is 7.84. The van der Waals surface area contributed by atoms with Crippen molar-refractivity contribution in [1.82, 2.24) is 9.80 Å². The number of benzene rings is 8. The molecule has 0 radical (unpaired) electrons. The van der Waals surface area contributed by atoms with Crippen LogP contribution < -0.4 is 31.8 Å². The second kappa shape index (κ2) is 33.9. The largest absolute Gasteiger partial charge is 2.00 e. The van der Waals surface area contributed by atoms with Gasteiger partial charge in [0.25, 0.3) is 0 Å². The van der Waals surface area contributed by atoms with E-state index in [1.54, 1.807) is 10.6 Å². The average Bonchev–Trinajstić information content (AvgIpc) is 3.40. The van der Waals surface area contributed by atoms with E-state index in [9.17, 15) is 50.4 Å². The summed E-state index contributed by atoms with van der Waals surface area (Å²) in [5.74, 6) is 0. The van der Waals surface area contributed by atoms with E-state index in [1.165, 1.54) is 69.3 Å². The first-order valence-electron chi connectivity index (χ1n) is 25.9. The summed E-state index contributed by atoms with van der Waals surface area (Å²) in [5, 5.41) is 9.10. The summed E-state index contributed by atoms with van der Waals surface area (Å²) < 4.78 is 118. The minimum absolute atomic E-state index is 0. The molecule has 0 heterocycles.